The molecule has 2 aromatic rings. The molecule has 1 aliphatic rings. The number of ether oxygens (including phenoxy) is 2. The molecule has 1 aliphatic heterocycles. The number of hydrogen-bond donors (Lipinski definition) is 3. The second kappa shape index (κ2) is 5.58. The fraction of sp³-hybridized carbons (Fsp3) is 0.133. The molecule has 8 nitrogen and oxygen atoms in total. The predicted molar refractivity (Wildman–Crippen MR) is 83.3 cm³/mol. The van der Waals surface area contributed by atoms with Gasteiger partial charge in [-0.05, 0) is 30.3 Å². The van der Waals surface area contributed by atoms with Gasteiger partial charge in [-0.1, -0.05) is 0 Å². The summed E-state index contributed by atoms with van der Waals surface area (Å²) in [4.78, 5) is 11.1. The van der Waals surface area contributed by atoms with Crippen molar-refractivity contribution in [2.75, 3.05) is 29.9 Å². The van der Waals surface area contributed by atoms with Crippen molar-refractivity contribution in [3.63, 3.8) is 0 Å². The van der Waals surface area contributed by atoms with Gasteiger partial charge in [0.2, 0.25) is 0 Å². The molecule has 0 saturated heterocycles. The van der Waals surface area contributed by atoms with Gasteiger partial charge in [-0.25, -0.2) is 4.79 Å². The lowest BCUT2D eigenvalue weighted by atomic mass is 10.2. The van der Waals surface area contributed by atoms with E-state index in [9.17, 15) is 10.0 Å². The summed E-state index contributed by atoms with van der Waals surface area (Å²) in [6.45, 7) is 0. The van der Waals surface area contributed by atoms with Crippen molar-refractivity contribution in [3.05, 3.63) is 42.0 Å². The molecule has 0 radical (unpaired) electrons. The van der Waals surface area contributed by atoms with Crippen molar-refractivity contribution < 1.29 is 24.6 Å². The Bertz CT molecular complexity index is 765. The lowest BCUT2D eigenvalue weighted by Gasteiger charge is -2.26. The summed E-state index contributed by atoms with van der Waals surface area (Å²) >= 11 is 0. The molecule has 3 N–H and O–H groups in total. The smallest absolute Gasteiger partial charge is 0.335 e. The number of carboxylic acid groups (broad SMARTS) is 1. The normalized spacial score (nSPS) is 12.7. The summed E-state index contributed by atoms with van der Waals surface area (Å²) in [5.41, 5.74) is 4.47. The van der Waals surface area contributed by atoms with Gasteiger partial charge < -0.3 is 14.6 Å². The van der Waals surface area contributed by atoms with Crippen LogP contribution in [-0.4, -0.2) is 30.5 Å². The number of fused-ring (bicyclic) bond motifs is 1. The molecular formula is C15H15N3O5. The highest BCUT2D eigenvalue weighted by Gasteiger charge is 2.29. The zero-order valence-corrected chi connectivity index (χ0v) is 12.5. The van der Waals surface area contributed by atoms with Crippen LogP contribution in [0.3, 0.4) is 0 Å². The molecule has 1 heterocycles. The van der Waals surface area contributed by atoms with E-state index < -0.39 is 5.97 Å². The van der Waals surface area contributed by atoms with E-state index in [4.69, 9.17) is 14.6 Å². The number of benzene rings is 2. The Morgan fingerprint density at radius 3 is 2.48 bits per heavy atom. The number of rotatable bonds is 4. The molecule has 0 bridgehead atoms. The Kier molecular flexibility index (Phi) is 3.59. The van der Waals surface area contributed by atoms with Crippen LogP contribution in [0, 0.1) is 0 Å². The van der Waals surface area contributed by atoms with Crippen LogP contribution in [0.15, 0.2) is 36.4 Å². The molecular weight excluding hydrogens is 302 g/mol. The molecule has 0 saturated carbocycles. The highest BCUT2D eigenvalue weighted by molar-refractivity contribution is 5.92. The molecule has 0 atom stereocenters. The van der Waals surface area contributed by atoms with Gasteiger partial charge in [-0.3, -0.25) is 10.6 Å². The van der Waals surface area contributed by atoms with Crippen LogP contribution in [-0.2, 0) is 0 Å². The molecule has 0 amide bonds. The standard InChI is InChI=1S/C15H15N3O5/c1-22-10-4-6-13(14(8-10)23-2)17-16-11-7-9(15(19)20)3-5-12(11)18(17)21/h3-8,16,21H,1-2H3,(H,19,20). The number of carboxylic acids is 1. The SMILES string of the molecule is COc1ccc(N2Nc3cc(C(=O)O)ccc3N2O)c(OC)c1. The maximum absolute atomic E-state index is 11.1. The number of hydrazine groups is 2. The molecule has 0 fully saturated rings. The molecule has 0 spiro atoms. The maximum Gasteiger partial charge on any atom is 0.335 e. The Labute approximate surface area is 132 Å². The molecule has 0 aliphatic carbocycles. The van der Waals surface area contributed by atoms with E-state index in [1.807, 2.05) is 0 Å². The highest BCUT2D eigenvalue weighted by Crippen LogP contribution is 2.40. The van der Waals surface area contributed by atoms with Gasteiger partial charge in [0.05, 0.1) is 25.5 Å². The Balaban J connectivity index is 1.98. The van der Waals surface area contributed by atoms with Gasteiger partial charge in [-0.15, -0.1) is 5.17 Å². The quantitative estimate of drug-likeness (QED) is 0.791. The van der Waals surface area contributed by atoms with Crippen molar-refractivity contribution in [1.82, 2.24) is 0 Å². The summed E-state index contributed by atoms with van der Waals surface area (Å²) in [7, 11) is 3.05. The second-order valence-corrected chi connectivity index (χ2v) is 4.79. The first-order chi connectivity index (χ1) is 11.0. The van der Waals surface area contributed by atoms with Crippen LogP contribution in [0.2, 0.25) is 0 Å². The largest absolute Gasteiger partial charge is 0.497 e. The lowest BCUT2D eigenvalue weighted by molar-refractivity contribution is 0.0697. The van der Waals surface area contributed by atoms with Gasteiger partial charge in [0.1, 0.15) is 22.9 Å². The first-order valence-electron chi connectivity index (χ1n) is 6.70. The average molecular weight is 317 g/mol. The van der Waals surface area contributed by atoms with Crippen LogP contribution in [0.25, 0.3) is 0 Å². The first kappa shape index (κ1) is 14.8. The maximum atomic E-state index is 11.1. The predicted octanol–water partition coefficient (Wildman–Crippen LogP) is 2.36. The Morgan fingerprint density at radius 1 is 1.09 bits per heavy atom. The average Bonchev–Trinajstić information content (AvgIpc) is 2.90. The minimum atomic E-state index is -1.04. The van der Waals surface area contributed by atoms with Gasteiger partial charge >= 0.3 is 5.97 Å². The monoisotopic (exact) mass is 317 g/mol. The van der Waals surface area contributed by atoms with E-state index in [0.717, 1.165) is 5.17 Å². The van der Waals surface area contributed by atoms with Crippen molar-refractivity contribution in [3.8, 4) is 11.5 Å². The van der Waals surface area contributed by atoms with Crippen molar-refractivity contribution in [2.45, 2.75) is 0 Å². The molecule has 3 rings (SSSR count). The zero-order chi connectivity index (χ0) is 16.6. The third kappa shape index (κ3) is 2.44. The molecule has 120 valence electrons. The van der Waals surface area contributed by atoms with Crippen molar-refractivity contribution in [2.24, 2.45) is 0 Å². The Morgan fingerprint density at radius 2 is 1.83 bits per heavy atom. The number of hydrogen-bond acceptors (Lipinski definition) is 7. The second-order valence-electron chi connectivity index (χ2n) is 4.79. The van der Waals surface area contributed by atoms with Crippen LogP contribution < -0.4 is 25.2 Å². The van der Waals surface area contributed by atoms with Crippen molar-refractivity contribution in [1.29, 1.82) is 0 Å². The number of anilines is 3. The zero-order valence-electron chi connectivity index (χ0n) is 12.5. The summed E-state index contributed by atoms with van der Waals surface area (Å²) in [6.07, 6.45) is 0. The minimum Gasteiger partial charge on any atom is -0.497 e. The summed E-state index contributed by atoms with van der Waals surface area (Å²) in [6, 6.07) is 9.48. The van der Waals surface area contributed by atoms with E-state index in [1.165, 1.54) is 30.4 Å². The third-order valence-corrected chi connectivity index (χ3v) is 3.49. The fourth-order valence-corrected chi connectivity index (χ4v) is 2.32. The number of nitrogens with one attached hydrogen (secondary N) is 1. The van der Waals surface area contributed by atoms with Crippen LogP contribution in [0.5, 0.6) is 11.5 Å². The van der Waals surface area contributed by atoms with E-state index in [0.29, 0.717) is 28.6 Å². The van der Waals surface area contributed by atoms with Crippen LogP contribution in [0.4, 0.5) is 17.1 Å². The number of carbonyl (C=O) groups is 1. The number of aromatic carboxylic acids is 1. The van der Waals surface area contributed by atoms with Gasteiger partial charge in [0, 0.05) is 6.07 Å². The van der Waals surface area contributed by atoms with Gasteiger partial charge in [0.25, 0.3) is 0 Å². The van der Waals surface area contributed by atoms with Crippen molar-refractivity contribution >= 4 is 23.0 Å². The van der Waals surface area contributed by atoms with Crippen LogP contribution in [0.1, 0.15) is 10.4 Å². The van der Waals surface area contributed by atoms with E-state index in [1.54, 1.807) is 25.3 Å². The fourth-order valence-electron chi connectivity index (χ4n) is 2.32. The molecule has 2 aromatic carbocycles. The van der Waals surface area contributed by atoms with Gasteiger partial charge in [-0.2, -0.15) is 5.12 Å². The molecule has 8 heteroatoms. The highest BCUT2D eigenvalue weighted by atomic mass is 16.6. The molecule has 0 aromatic heterocycles. The number of nitrogens with zero attached hydrogens (tertiary/aromatic N) is 2. The Hall–Kier alpha value is -3.13. The molecule has 0 unspecified atom stereocenters. The summed E-state index contributed by atoms with van der Waals surface area (Å²) < 4.78 is 10.5. The minimum absolute atomic E-state index is 0.119. The lowest BCUT2D eigenvalue weighted by Crippen LogP contribution is -2.39. The van der Waals surface area contributed by atoms with Crippen LogP contribution >= 0.6 is 0 Å². The first-order valence-corrected chi connectivity index (χ1v) is 6.70. The van der Waals surface area contributed by atoms with E-state index in [2.05, 4.69) is 5.43 Å². The van der Waals surface area contributed by atoms with Gasteiger partial charge in [0.15, 0.2) is 0 Å². The molecule has 23 heavy (non-hydrogen) atoms. The topological polar surface area (TPSA) is 94.5 Å². The number of methoxy groups -OCH3 is 2. The summed E-state index contributed by atoms with van der Waals surface area (Å²) in [5, 5.41) is 21.6. The van der Waals surface area contributed by atoms with E-state index >= 15 is 0 Å². The third-order valence-electron chi connectivity index (χ3n) is 3.49. The summed E-state index contributed by atoms with van der Waals surface area (Å²) in [5.74, 6) is 0.0432. The van der Waals surface area contributed by atoms with E-state index in [-0.39, 0.29) is 5.56 Å².